The number of guanidine groups is 1. The molecular formula is C18H26N6O2. The number of hydrogen-bond acceptors (Lipinski definition) is 5. The van der Waals surface area contributed by atoms with Crippen LogP contribution in [0.4, 0.5) is 5.69 Å². The Morgan fingerprint density at radius 1 is 1.27 bits per heavy atom. The summed E-state index contributed by atoms with van der Waals surface area (Å²) in [6.07, 6.45) is 4.97. The van der Waals surface area contributed by atoms with Crippen molar-refractivity contribution < 1.29 is 9.21 Å². The average molecular weight is 358 g/mol. The monoisotopic (exact) mass is 358 g/mol. The van der Waals surface area contributed by atoms with E-state index in [2.05, 4.69) is 51.7 Å². The van der Waals surface area contributed by atoms with Crippen LogP contribution in [0.1, 0.15) is 39.3 Å². The molecule has 0 fully saturated rings. The Balaban J connectivity index is 1.89. The van der Waals surface area contributed by atoms with Gasteiger partial charge in [-0.1, -0.05) is 20.8 Å². The zero-order chi connectivity index (χ0) is 19.0. The van der Waals surface area contributed by atoms with Crippen molar-refractivity contribution in [3.05, 3.63) is 42.4 Å². The highest BCUT2D eigenvalue weighted by atomic mass is 16.4. The van der Waals surface area contributed by atoms with Gasteiger partial charge in [-0.15, -0.1) is 0 Å². The first kappa shape index (κ1) is 19.4. The van der Waals surface area contributed by atoms with Gasteiger partial charge in [0.2, 0.25) is 11.8 Å². The highest BCUT2D eigenvalue weighted by molar-refractivity contribution is 5.93. The molecule has 0 aliphatic carbocycles. The zero-order valence-corrected chi connectivity index (χ0v) is 15.7. The number of carbonyl (C=O) groups is 1. The number of aromatic nitrogens is 2. The molecule has 0 saturated carbocycles. The van der Waals surface area contributed by atoms with Crippen LogP contribution in [0, 0.1) is 0 Å². The van der Waals surface area contributed by atoms with E-state index in [1.165, 1.54) is 0 Å². The van der Waals surface area contributed by atoms with E-state index in [0.717, 1.165) is 5.76 Å². The largest absolute Gasteiger partial charge is 0.443 e. The van der Waals surface area contributed by atoms with E-state index in [9.17, 15) is 4.79 Å². The van der Waals surface area contributed by atoms with Gasteiger partial charge < -0.3 is 20.4 Å². The molecular weight excluding hydrogens is 332 g/mol. The third-order valence-corrected chi connectivity index (χ3v) is 3.37. The highest BCUT2D eigenvalue weighted by Crippen LogP contribution is 2.22. The summed E-state index contributed by atoms with van der Waals surface area (Å²) >= 11 is 0. The van der Waals surface area contributed by atoms with Gasteiger partial charge in [0.15, 0.2) is 5.96 Å². The molecule has 1 amide bonds. The van der Waals surface area contributed by atoms with Crippen molar-refractivity contribution in [3.63, 3.8) is 0 Å². The number of carbonyl (C=O) groups excluding carboxylic acids is 1. The summed E-state index contributed by atoms with van der Waals surface area (Å²) in [4.78, 5) is 24.5. The van der Waals surface area contributed by atoms with Crippen molar-refractivity contribution in [1.82, 2.24) is 20.6 Å². The number of nitrogens with zero attached hydrogens (tertiary/aromatic N) is 3. The van der Waals surface area contributed by atoms with Crippen LogP contribution in [-0.4, -0.2) is 34.9 Å². The lowest BCUT2D eigenvalue weighted by atomic mass is 9.94. The summed E-state index contributed by atoms with van der Waals surface area (Å²) < 4.78 is 5.74. The molecule has 0 unspecified atom stereocenters. The number of aliphatic imine (C=N–C) groups is 1. The SMILES string of the molecule is CCNC(=NCC(=O)Nc1cccnc1)NCc1ncc(C(C)(C)C)o1. The minimum Gasteiger partial charge on any atom is -0.443 e. The van der Waals surface area contributed by atoms with Gasteiger partial charge in [0.05, 0.1) is 24.6 Å². The molecule has 0 radical (unpaired) electrons. The summed E-state index contributed by atoms with van der Waals surface area (Å²) in [5, 5.41) is 8.94. The van der Waals surface area contributed by atoms with Crippen molar-refractivity contribution >= 4 is 17.6 Å². The zero-order valence-electron chi connectivity index (χ0n) is 15.7. The maximum Gasteiger partial charge on any atom is 0.246 e. The van der Waals surface area contributed by atoms with Crippen LogP contribution in [0.2, 0.25) is 0 Å². The van der Waals surface area contributed by atoms with Crippen LogP contribution in [-0.2, 0) is 16.8 Å². The molecule has 2 rings (SSSR count). The van der Waals surface area contributed by atoms with Crippen LogP contribution < -0.4 is 16.0 Å². The molecule has 0 aromatic carbocycles. The van der Waals surface area contributed by atoms with Crippen LogP contribution in [0.25, 0.3) is 0 Å². The second kappa shape index (κ2) is 8.98. The van der Waals surface area contributed by atoms with Gasteiger partial charge in [-0.2, -0.15) is 0 Å². The summed E-state index contributed by atoms with van der Waals surface area (Å²) in [6.45, 7) is 9.20. The number of amides is 1. The lowest BCUT2D eigenvalue weighted by Gasteiger charge is -2.13. The minimum absolute atomic E-state index is 0.0109. The normalized spacial score (nSPS) is 11.9. The predicted molar refractivity (Wildman–Crippen MR) is 101 cm³/mol. The summed E-state index contributed by atoms with van der Waals surface area (Å²) in [6, 6.07) is 3.53. The molecule has 8 heteroatoms. The molecule has 0 aliphatic rings. The number of anilines is 1. The van der Waals surface area contributed by atoms with E-state index in [1.54, 1.807) is 30.7 Å². The molecule has 3 N–H and O–H groups in total. The fourth-order valence-corrected chi connectivity index (χ4v) is 2.03. The smallest absolute Gasteiger partial charge is 0.246 e. The number of hydrogen-bond donors (Lipinski definition) is 3. The van der Waals surface area contributed by atoms with Gasteiger partial charge in [-0.3, -0.25) is 9.78 Å². The van der Waals surface area contributed by atoms with Crippen molar-refractivity contribution in [2.45, 2.75) is 39.7 Å². The van der Waals surface area contributed by atoms with E-state index < -0.39 is 0 Å². The second-order valence-electron chi connectivity index (χ2n) is 6.71. The topological polar surface area (TPSA) is 104 Å². The van der Waals surface area contributed by atoms with E-state index >= 15 is 0 Å². The van der Waals surface area contributed by atoms with Gasteiger partial charge in [-0.25, -0.2) is 9.98 Å². The number of nitrogens with one attached hydrogen (secondary N) is 3. The Hall–Kier alpha value is -2.90. The summed E-state index contributed by atoms with van der Waals surface area (Å²) in [7, 11) is 0. The second-order valence-corrected chi connectivity index (χ2v) is 6.71. The molecule has 2 aromatic rings. The van der Waals surface area contributed by atoms with Crippen molar-refractivity contribution in [2.75, 3.05) is 18.4 Å². The van der Waals surface area contributed by atoms with Crippen LogP contribution in [0.15, 0.2) is 40.1 Å². The summed E-state index contributed by atoms with van der Waals surface area (Å²) in [5.74, 6) is 1.69. The lowest BCUT2D eigenvalue weighted by Crippen LogP contribution is -2.37. The Labute approximate surface area is 153 Å². The number of pyridine rings is 1. The predicted octanol–water partition coefficient (Wildman–Crippen LogP) is 2.06. The van der Waals surface area contributed by atoms with Gasteiger partial charge >= 0.3 is 0 Å². The summed E-state index contributed by atoms with van der Waals surface area (Å²) in [5.41, 5.74) is 0.550. The maximum atomic E-state index is 12.0. The van der Waals surface area contributed by atoms with Gasteiger partial charge in [0.25, 0.3) is 0 Å². The fourth-order valence-electron chi connectivity index (χ4n) is 2.03. The van der Waals surface area contributed by atoms with Crippen molar-refractivity contribution in [2.24, 2.45) is 4.99 Å². The Morgan fingerprint density at radius 2 is 2.08 bits per heavy atom. The van der Waals surface area contributed by atoms with Crippen molar-refractivity contribution in [1.29, 1.82) is 0 Å². The molecule has 140 valence electrons. The number of oxazole rings is 1. The van der Waals surface area contributed by atoms with Crippen LogP contribution >= 0.6 is 0 Å². The Morgan fingerprint density at radius 3 is 2.69 bits per heavy atom. The molecule has 0 spiro atoms. The van der Waals surface area contributed by atoms with Crippen molar-refractivity contribution in [3.8, 4) is 0 Å². The third-order valence-electron chi connectivity index (χ3n) is 3.37. The molecule has 2 heterocycles. The quantitative estimate of drug-likeness (QED) is 0.539. The molecule has 2 aromatic heterocycles. The Kier molecular flexibility index (Phi) is 6.71. The Bertz CT molecular complexity index is 734. The average Bonchev–Trinajstić information content (AvgIpc) is 3.08. The van der Waals surface area contributed by atoms with E-state index in [-0.39, 0.29) is 17.9 Å². The number of rotatable bonds is 6. The maximum absolute atomic E-state index is 12.0. The molecule has 0 saturated heterocycles. The van der Waals surface area contributed by atoms with Crippen LogP contribution in [0.5, 0.6) is 0 Å². The van der Waals surface area contributed by atoms with Gasteiger partial charge in [0.1, 0.15) is 12.3 Å². The minimum atomic E-state index is -0.221. The van der Waals surface area contributed by atoms with Gasteiger partial charge in [0, 0.05) is 18.2 Å². The first-order chi connectivity index (χ1) is 12.4. The molecule has 0 bridgehead atoms. The van der Waals surface area contributed by atoms with E-state index in [0.29, 0.717) is 30.6 Å². The first-order valence-electron chi connectivity index (χ1n) is 8.55. The standard InChI is InChI=1S/C18H26N6O2/c1-5-20-17(22-11-15(25)24-13-7-6-8-19-9-13)23-12-16-21-10-14(26-16)18(2,3)4/h6-10H,5,11-12H2,1-4H3,(H,24,25)(H2,20,22,23). The van der Waals surface area contributed by atoms with Gasteiger partial charge in [-0.05, 0) is 19.1 Å². The molecule has 0 atom stereocenters. The third kappa shape index (κ3) is 6.19. The molecule has 8 nitrogen and oxygen atoms in total. The lowest BCUT2D eigenvalue weighted by molar-refractivity contribution is -0.114. The van der Waals surface area contributed by atoms with Crippen LogP contribution in [0.3, 0.4) is 0 Å². The van der Waals surface area contributed by atoms with E-state index in [4.69, 9.17) is 4.42 Å². The highest BCUT2D eigenvalue weighted by Gasteiger charge is 2.19. The first-order valence-corrected chi connectivity index (χ1v) is 8.55. The molecule has 0 aliphatic heterocycles. The molecule has 26 heavy (non-hydrogen) atoms. The fraction of sp³-hybridized carbons (Fsp3) is 0.444. The van der Waals surface area contributed by atoms with E-state index in [1.807, 2.05) is 6.92 Å².